The monoisotopic (exact) mass is 485 g/mol. The van der Waals surface area contributed by atoms with Gasteiger partial charge < -0.3 is 38.8 Å². The Morgan fingerprint density at radius 1 is 0.912 bits per heavy atom. The maximum absolute atomic E-state index is 11.8. The molecule has 0 saturated carbocycles. The SMILES string of the molecule is CCCC(C)OC(=O)OC(C)CN[C@@H](Cc1ccc(OC(=O)OC)c(OC(=O)OC)c1)C(=O)O. The molecular formula is C22H31NO11. The standard InChI is InChI=1S/C22H31NO11/c1-6-7-13(2)31-22(28)32-14(3)12-23-16(19(24)25)10-15-8-9-17(33-20(26)29-4)18(11-15)34-21(27)30-5/h8-9,11,13-14,16,23H,6-7,10,12H2,1-5H3,(H,24,25)/t13?,14?,16-/m0/s1. The van der Waals surface area contributed by atoms with E-state index in [2.05, 4.69) is 14.8 Å². The number of methoxy groups -OCH3 is 2. The molecule has 0 aromatic heterocycles. The van der Waals surface area contributed by atoms with Crippen molar-refractivity contribution in [1.82, 2.24) is 5.32 Å². The summed E-state index contributed by atoms with van der Waals surface area (Å²) in [5.74, 6) is -1.45. The minimum absolute atomic E-state index is 0.0317. The zero-order chi connectivity index (χ0) is 25.7. The van der Waals surface area contributed by atoms with Crippen LogP contribution < -0.4 is 14.8 Å². The largest absolute Gasteiger partial charge is 0.513 e. The van der Waals surface area contributed by atoms with Gasteiger partial charge >= 0.3 is 24.4 Å². The third-order valence-corrected chi connectivity index (χ3v) is 4.41. The van der Waals surface area contributed by atoms with E-state index in [0.29, 0.717) is 12.0 Å². The zero-order valence-corrected chi connectivity index (χ0v) is 19.8. The molecule has 2 unspecified atom stereocenters. The highest BCUT2D eigenvalue weighted by molar-refractivity contribution is 5.74. The Morgan fingerprint density at radius 3 is 2.06 bits per heavy atom. The van der Waals surface area contributed by atoms with Gasteiger partial charge in [-0.15, -0.1) is 0 Å². The summed E-state index contributed by atoms with van der Waals surface area (Å²) in [6.07, 6.45) is -2.34. The second-order valence-corrected chi connectivity index (χ2v) is 7.29. The Balaban J connectivity index is 2.82. The van der Waals surface area contributed by atoms with Gasteiger partial charge in [-0.25, -0.2) is 14.4 Å². The minimum atomic E-state index is -1.16. The van der Waals surface area contributed by atoms with Crippen LogP contribution in [-0.4, -0.2) is 68.6 Å². The molecule has 34 heavy (non-hydrogen) atoms. The molecule has 0 aliphatic carbocycles. The van der Waals surface area contributed by atoms with Crippen LogP contribution in [0.3, 0.4) is 0 Å². The van der Waals surface area contributed by atoms with Crippen LogP contribution in [-0.2, 0) is 30.2 Å². The summed E-state index contributed by atoms with van der Waals surface area (Å²) < 4.78 is 29.0. The number of carbonyl (C=O) groups is 4. The third kappa shape index (κ3) is 10.4. The van der Waals surface area contributed by atoms with Crippen molar-refractivity contribution >= 4 is 24.4 Å². The van der Waals surface area contributed by atoms with Gasteiger partial charge in [0.2, 0.25) is 0 Å². The molecule has 12 nitrogen and oxygen atoms in total. The summed E-state index contributed by atoms with van der Waals surface area (Å²) in [6, 6.07) is 3.08. The first-order valence-electron chi connectivity index (χ1n) is 10.6. The molecule has 0 amide bonds. The number of hydrogen-bond donors (Lipinski definition) is 2. The number of rotatable bonds is 12. The van der Waals surface area contributed by atoms with E-state index >= 15 is 0 Å². The van der Waals surface area contributed by atoms with Crippen LogP contribution in [0.4, 0.5) is 14.4 Å². The molecule has 1 aromatic carbocycles. The van der Waals surface area contributed by atoms with Crippen molar-refractivity contribution < 1.29 is 52.7 Å². The van der Waals surface area contributed by atoms with Crippen LogP contribution in [0.1, 0.15) is 39.2 Å². The fourth-order valence-electron chi connectivity index (χ4n) is 2.76. The molecule has 1 aromatic rings. The summed E-state index contributed by atoms with van der Waals surface area (Å²) >= 11 is 0. The Labute approximate surface area is 197 Å². The molecule has 0 aliphatic heterocycles. The first-order chi connectivity index (χ1) is 16.1. The zero-order valence-electron chi connectivity index (χ0n) is 19.8. The van der Waals surface area contributed by atoms with E-state index < -0.39 is 36.6 Å². The molecule has 0 aliphatic rings. The molecule has 3 atom stereocenters. The van der Waals surface area contributed by atoms with Gasteiger partial charge in [0.25, 0.3) is 0 Å². The van der Waals surface area contributed by atoms with E-state index in [1.54, 1.807) is 13.8 Å². The fourth-order valence-corrected chi connectivity index (χ4v) is 2.76. The average Bonchev–Trinajstić information content (AvgIpc) is 2.77. The number of benzene rings is 1. The summed E-state index contributed by atoms with van der Waals surface area (Å²) in [7, 11) is 2.21. The molecule has 12 heteroatoms. The fraction of sp³-hybridized carbons (Fsp3) is 0.545. The maximum Gasteiger partial charge on any atom is 0.513 e. The molecule has 2 N–H and O–H groups in total. The van der Waals surface area contributed by atoms with Gasteiger partial charge in [-0.2, -0.15) is 0 Å². The van der Waals surface area contributed by atoms with Gasteiger partial charge in [-0.05, 0) is 44.4 Å². The molecule has 0 fully saturated rings. The first-order valence-corrected chi connectivity index (χ1v) is 10.6. The molecule has 190 valence electrons. The second-order valence-electron chi connectivity index (χ2n) is 7.29. The lowest BCUT2D eigenvalue weighted by atomic mass is 10.0. The van der Waals surface area contributed by atoms with Crippen LogP contribution >= 0.6 is 0 Å². The van der Waals surface area contributed by atoms with Crippen molar-refractivity contribution in [3.05, 3.63) is 23.8 Å². The number of carboxylic acids is 1. The summed E-state index contributed by atoms with van der Waals surface area (Å²) in [4.78, 5) is 46.5. The Kier molecular flexibility index (Phi) is 12.2. The van der Waals surface area contributed by atoms with E-state index in [-0.39, 0.29) is 30.6 Å². The highest BCUT2D eigenvalue weighted by Crippen LogP contribution is 2.30. The van der Waals surface area contributed by atoms with Gasteiger partial charge in [0.15, 0.2) is 11.5 Å². The average molecular weight is 485 g/mol. The predicted molar refractivity (Wildman–Crippen MR) is 117 cm³/mol. The van der Waals surface area contributed by atoms with Crippen molar-refractivity contribution in [2.24, 2.45) is 0 Å². The van der Waals surface area contributed by atoms with Crippen LogP contribution in [0.5, 0.6) is 11.5 Å². The van der Waals surface area contributed by atoms with Crippen molar-refractivity contribution in [2.45, 2.75) is 58.3 Å². The number of hydrogen-bond acceptors (Lipinski definition) is 11. The van der Waals surface area contributed by atoms with Crippen LogP contribution in [0.15, 0.2) is 18.2 Å². The lowest BCUT2D eigenvalue weighted by Gasteiger charge is -2.20. The molecule has 0 heterocycles. The normalized spacial score (nSPS) is 13.1. The number of ether oxygens (including phenoxy) is 6. The Bertz CT molecular complexity index is 842. The number of carboxylic acid groups (broad SMARTS) is 1. The number of aliphatic carboxylic acids is 1. The van der Waals surface area contributed by atoms with E-state index in [0.717, 1.165) is 20.6 Å². The quantitative estimate of drug-likeness (QED) is 0.253. The highest BCUT2D eigenvalue weighted by atomic mass is 16.7. The lowest BCUT2D eigenvalue weighted by molar-refractivity contribution is -0.139. The van der Waals surface area contributed by atoms with Crippen molar-refractivity contribution in [1.29, 1.82) is 0 Å². The van der Waals surface area contributed by atoms with Gasteiger partial charge in [0.05, 0.1) is 14.2 Å². The molecule has 1 rings (SSSR count). The van der Waals surface area contributed by atoms with Crippen molar-refractivity contribution in [2.75, 3.05) is 20.8 Å². The topological polar surface area (TPSA) is 156 Å². The highest BCUT2D eigenvalue weighted by Gasteiger charge is 2.22. The van der Waals surface area contributed by atoms with E-state index in [4.69, 9.17) is 18.9 Å². The first kappa shape index (κ1) is 28.5. The number of nitrogens with one attached hydrogen (secondary N) is 1. The van der Waals surface area contributed by atoms with Gasteiger partial charge in [-0.3, -0.25) is 4.79 Å². The third-order valence-electron chi connectivity index (χ3n) is 4.41. The summed E-state index contributed by atoms with van der Waals surface area (Å²) in [5, 5.41) is 12.4. The molecule has 0 bridgehead atoms. The minimum Gasteiger partial charge on any atom is -0.480 e. The molecule has 0 spiro atoms. The van der Waals surface area contributed by atoms with Crippen LogP contribution in [0.2, 0.25) is 0 Å². The molecular weight excluding hydrogens is 454 g/mol. The van der Waals surface area contributed by atoms with Crippen molar-refractivity contribution in [3.8, 4) is 11.5 Å². The summed E-state index contributed by atoms with van der Waals surface area (Å²) in [5.41, 5.74) is 0.442. The second kappa shape index (κ2) is 14.6. The van der Waals surface area contributed by atoms with Crippen molar-refractivity contribution in [3.63, 3.8) is 0 Å². The van der Waals surface area contributed by atoms with E-state index in [1.165, 1.54) is 18.2 Å². The lowest BCUT2D eigenvalue weighted by Crippen LogP contribution is -2.42. The molecule has 0 saturated heterocycles. The predicted octanol–water partition coefficient (Wildman–Crippen LogP) is 3.29. The molecule has 0 radical (unpaired) electrons. The van der Waals surface area contributed by atoms with Gasteiger partial charge in [0.1, 0.15) is 18.2 Å². The Hall–Kier alpha value is -3.54. The van der Waals surface area contributed by atoms with E-state index in [1.807, 2.05) is 6.92 Å². The van der Waals surface area contributed by atoms with Crippen LogP contribution in [0.25, 0.3) is 0 Å². The van der Waals surface area contributed by atoms with Gasteiger partial charge in [-0.1, -0.05) is 19.4 Å². The maximum atomic E-state index is 11.8. The van der Waals surface area contributed by atoms with E-state index in [9.17, 15) is 24.3 Å². The Morgan fingerprint density at radius 2 is 1.50 bits per heavy atom. The smallest absolute Gasteiger partial charge is 0.480 e. The van der Waals surface area contributed by atoms with Crippen LogP contribution in [0, 0.1) is 0 Å². The van der Waals surface area contributed by atoms with Gasteiger partial charge in [0, 0.05) is 6.54 Å². The number of carbonyl (C=O) groups excluding carboxylic acids is 3. The summed E-state index contributed by atoms with van der Waals surface area (Å²) in [6.45, 7) is 5.37.